The van der Waals surface area contributed by atoms with Crippen LogP contribution < -0.4 is 0 Å². The van der Waals surface area contributed by atoms with E-state index < -0.39 is 0 Å². The third-order valence-corrected chi connectivity index (χ3v) is 2.61. The maximum Gasteiger partial charge on any atom is 0.129 e. The fraction of sp³-hybridized carbons (Fsp3) is 0.500. The number of hydrogen-bond donors (Lipinski definition) is 0. The lowest BCUT2D eigenvalue weighted by Gasteiger charge is -2.14. The zero-order valence-corrected chi connectivity index (χ0v) is 8.46. The molecule has 0 bridgehead atoms. The molecule has 0 N–H and O–H groups in total. The minimum atomic E-state index is 0.567. The molecule has 0 aromatic carbocycles. The van der Waals surface area contributed by atoms with Crippen LogP contribution in [-0.4, -0.2) is 23.0 Å². The SMILES string of the molecule is CN(Cc1ccc(Cl)nc1)C1CC1. The van der Waals surface area contributed by atoms with Gasteiger partial charge in [0.1, 0.15) is 5.15 Å². The molecule has 0 unspecified atom stereocenters. The molecule has 2 rings (SSSR count). The van der Waals surface area contributed by atoms with Gasteiger partial charge in [-0.3, -0.25) is 4.90 Å². The van der Waals surface area contributed by atoms with Crippen molar-refractivity contribution in [1.82, 2.24) is 9.88 Å². The predicted octanol–water partition coefficient (Wildman–Crippen LogP) is 2.33. The largest absolute Gasteiger partial charge is 0.299 e. The summed E-state index contributed by atoms with van der Waals surface area (Å²) in [7, 11) is 2.16. The molecule has 3 heteroatoms. The first-order valence-electron chi connectivity index (χ1n) is 4.56. The average Bonchev–Trinajstić information content (AvgIpc) is 2.91. The normalized spacial score (nSPS) is 16.5. The monoisotopic (exact) mass is 196 g/mol. The molecular formula is C10H13ClN2. The lowest BCUT2D eigenvalue weighted by atomic mass is 10.3. The molecule has 1 heterocycles. The van der Waals surface area contributed by atoms with Gasteiger partial charge in [-0.15, -0.1) is 0 Å². The molecule has 0 atom stereocenters. The summed E-state index contributed by atoms with van der Waals surface area (Å²) in [5.41, 5.74) is 1.24. The van der Waals surface area contributed by atoms with Gasteiger partial charge in [0, 0.05) is 18.8 Å². The number of rotatable bonds is 3. The maximum atomic E-state index is 5.70. The minimum absolute atomic E-state index is 0.567. The van der Waals surface area contributed by atoms with Crippen molar-refractivity contribution < 1.29 is 0 Å². The van der Waals surface area contributed by atoms with Crippen LogP contribution in [0.2, 0.25) is 5.15 Å². The lowest BCUT2D eigenvalue weighted by Crippen LogP contribution is -2.19. The highest BCUT2D eigenvalue weighted by atomic mass is 35.5. The summed E-state index contributed by atoms with van der Waals surface area (Å²) in [5.74, 6) is 0. The zero-order valence-electron chi connectivity index (χ0n) is 7.70. The summed E-state index contributed by atoms with van der Waals surface area (Å²) in [6, 6.07) is 4.68. The Morgan fingerprint density at radius 3 is 2.85 bits per heavy atom. The summed E-state index contributed by atoms with van der Waals surface area (Å²) in [4.78, 5) is 6.42. The first-order valence-corrected chi connectivity index (χ1v) is 4.94. The van der Waals surface area contributed by atoms with E-state index in [0.717, 1.165) is 12.6 Å². The Kier molecular flexibility index (Phi) is 2.51. The fourth-order valence-corrected chi connectivity index (χ4v) is 1.54. The Bertz CT molecular complexity index is 279. The Morgan fingerprint density at radius 1 is 1.54 bits per heavy atom. The molecular weight excluding hydrogens is 184 g/mol. The van der Waals surface area contributed by atoms with Crippen molar-refractivity contribution in [3.8, 4) is 0 Å². The Labute approximate surface area is 83.5 Å². The highest BCUT2D eigenvalue weighted by molar-refractivity contribution is 6.29. The second-order valence-electron chi connectivity index (χ2n) is 3.64. The molecule has 1 aromatic heterocycles. The van der Waals surface area contributed by atoms with Gasteiger partial charge in [-0.05, 0) is 31.5 Å². The van der Waals surface area contributed by atoms with E-state index in [1.165, 1.54) is 18.4 Å². The average molecular weight is 197 g/mol. The maximum absolute atomic E-state index is 5.70. The second kappa shape index (κ2) is 3.64. The molecule has 70 valence electrons. The van der Waals surface area contributed by atoms with E-state index >= 15 is 0 Å². The highest BCUT2D eigenvalue weighted by Crippen LogP contribution is 2.26. The lowest BCUT2D eigenvalue weighted by molar-refractivity contribution is 0.316. The van der Waals surface area contributed by atoms with Gasteiger partial charge in [-0.1, -0.05) is 17.7 Å². The minimum Gasteiger partial charge on any atom is -0.299 e. The van der Waals surface area contributed by atoms with E-state index in [-0.39, 0.29) is 0 Å². The van der Waals surface area contributed by atoms with Crippen molar-refractivity contribution in [2.24, 2.45) is 0 Å². The first kappa shape index (κ1) is 8.97. The molecule has 0 saturated heterocycles. The van der Waals surface area contributed by atoms with Crippen LogP contribution in [-0.2, 0) is 6.54 Å². The molecule has 1 aliphatic rings. The summed E-state index contributed by atoms with van der Waals surface area (Å²) in [6.07, 6.45) is 4.54. The molecule has 1 aromatic rings. The number of aromatic nitrogens is 1. The van der Waals surface area contributed by atoms with Crippen molar-refractivity contribution in [1.29, 1.82) is 0 Å². The Balaban J connectivity index is 1.96. The van der Waals surface area contributed by atoms with E-state index in [4.69, 9.17) is 11.6 Å². The van der Waals surface area contributed by atoms with Crippen molar-refractivity contribution in [2.45, 2.75) is 25.4 Å². The van der Waals surface area contributed by atoms with Crippen LogP contribution >= 0.6 is 11.6 Å². The van der Waals surface area contributed by atoms with E-state index in [1.54, 1.807) is 0 Å². The molecule has 1 saturated carbocycles. The van der Waals surface area contributed by atoms with Gasteiger partial charge in [-0.2, -0.15) is 0 Å². The molecule has 0 radical (unpaired) electrons. The fourth-order valence-electron chi connectivity index (χ4n) is 1.43. The van der Waals surface area contributed by atoms with E-state index in [2.05, 4.69) is 16.9 Å². The quantitative estimate of drug-likeness (QED) is 0.690. The molecule has 2 nitrogen and oxygen atoms in total. The van der Waals surface area contributed by atoms with Gasteiger partial charge in [0.05, 0.1) is 0 Å². The molecule has 1 aliphatic carbocycles. The van der Waals surface area contributed by atoms with Gasteiger partial charge in [-0.25, -0.2) is 4.98 Å². The second-order valence-corrected chi connectivity index (χ2v) is 4.02. The van der Waals surface area contributed by atoms with E-state index in [0.29, 0.717) is 5.15 Å². The van der Waals surface area contributed by atoms with Gasteiger partial charge in [0.2, 0.25) is 0 Å². The number of nitrogens with zero attached hydrogens (tertiary/aromatic N) is 2. The van der Waals surface area contributed by atoms with Crippen LogP contribution in [0.5, 0.6) is 0 Å². The Morgan fingerprint density at radius 2 is 2.31 bits per heavy atom. The molecule has 0 amide bonds. The van der Waals surface area contributed by atoms with Gasteiger partial charge in [0.15, 0.2) is 0 Å². The van der Waals surface area contributed by atoms with Crippen LogP contribution in [0.3, 0.4) is 0 Å². The first-order chi connectivity index (χ1) is 6.25. The van der Waals surface area contributed by atoms with Crippen LogP contribution in [0.15, 0.2) is 18.3 Å². The number of halogens is 1. The van der Waals surface area contributed by atoms with Crippen LogP contribution in [0, 0.1) is 0 Å². The zero-order chi connectivity index (χ0) is 9.26. The van der Waals surface area contributed by atoms with Crippen LogP contribution in [0.1, 0.15) is 18.4 Å². The van der Waals surface area contributed by atoms with Crippen LogP contribution in [0.4, 0.5) is 0 Å². The van der Waals surface area contributed by atoms with Crippen molar-refractivity contribution >= 4 is 11.6 Å². The van der Waals surface area contributed by atoms with Gasteiger partial charge >= 0.3 is 0 Å². The topological polar surface area (TPSA) is 16.1 Å². The number of pyridine rings is 1. The van der Waals surface area contributed by atoms with E-state index in [9.17, 15) is 0 Å². The summed E-state index contributed by atoms with van der Waals surface area (Å²) >= 11 is 5.70. The third-order valence-electron chi connectivity index (χ3n) is 2.39. The standard InChI is InChI=1S/C10H13ClN2/c1-13(9-3-4-9)7-8-2-5-10(11)12-6-8/h2,5-6,9H,3-4,7H2,1H3. The summed E-state index contributed by atoms with van der Waals surface area (Å²) in [5, 5.41) is 0.567. The Hall–Kier alpha value is -0.600. The van der Waals surface area contributed by atoms with Crippen molar-refractivity contribution in [3.05, 3.63) is 29.0 Å². The smallest absolute Gasteiger partial charge is 0.129 e. The molecule has 0 spiro atoms. The van der Waals surface area contributed by atoms with E-state index in [1.807, 2.05) is 18.3 Å². The van der Waals surface area contributed by atoms with Gasteiger partial charge in [0.25, 0.3) is 0 Å². The molecule has 0 aliphatic heterocycles. The van der Waals surface area contributed by atoms with Crippen LogP contribution in [0.25, 0.3) is 0 Å². The van der Waals surface area contributed by atoms with Crippen molar-refractivity contribution in [2.75, 3.05) is 7.05 Å². The van der Waals surface area contributed by atoms with Gasteiger partial charge < -0.3 is 0 Å². The highest BCUT2D eigenvalue weighted by Gasteiger charge is 2.25. The third kappa shape index (κ3) is 2.42. The predicted molar refractivity (Wildman–Crippen MR) is 53.7 cm³/mol. The summed E-state index contributed by atoms with van der Waals surface area (Å²) in [6.45, 7) is 0.981. The van der Waals surface area contributed by atoms with Crippen molar-refractivity contribution in [3.63, 3.8) is 0 Å². The molecule has 13 heavy (non-hydrogen) atoms. The molecule has 1 fully saturated rings. The summed E-state index contributed by atoms with van der Waals surface area (Å²) < 4.78 is 0. The number of hydrogen-bond acceptors (Lipinski definition) is 2.